The lowest BCUT2D eigenvalue weighted by Crippen LogP contribution is -2.52. The van der Waals surface area contributed by atoms with Crippen molar-refractivity contribution < 1.29 is 0 Å². The first kappa shape index (κ1) is 20.4. The summed E-state index contributed by atoms with van der Waals surface area (Å²) in [5.41, 5.74) is 4.02. The van der Waals surface area contributed by atoms with E-state index in [9.17, 15) is 0 Å². The summed E-state index contributed by atoms with van der Waals surface area (Å²) in [6.45, 7) is 6.94. The summed E-state index contributed by atoms with van der Waals surface area (Å²) in [5, 5.41) is 3.54. The van der Waals surface area contributed by atoms with Crippen LogP contribution in [0.1, 0.15) is 16.7 Å². The van der Waals surface area contributed by atoms with Crippen LogP contribution < -0.4 is 5.32 Å². The molecule has 0 spiro atoms. The third kappa shape index (κ3) is 6.08. The summed E-state index contributed by atoms with van der Waals surface area (Å²) in [6.07, 6.45) is 0. The fourth-order valence-electron chi connectivity index (χ4n) is 3.68. The third-order valence-electron chi connectivity index (χ3n) is 5.07. The van der Waals surface area contributed by atoms with Gasteiger partial charge in [-0.1, -0.05) is 54.6 Å². The number of piperazine rings is 1. The highest BCUT2D eigenvalue weighted by molar-refractivity contribution is 5.80. The van der Waals surface area contributed by atoms with Crippen LogP contribution in [0.15, 0.2) is 59.6 Å². The van der Waals surface area contributed by atoms with Crippen LogP contribution in [0, 0.1) is 0 Å². The molecule has 1 heterocycles. The van der Waals surface area contributed by atoms with E-state index in [1.165, 1.54) is 16.7 Å². The quantitative estimate of drug-likeness (QED) is 0.618. The number of hydrogen-bond donors (Lipinski definition) is 1. The Morgan fingerprint density at radius 1 is 0.929 bits per heavy atom. The predicted molar refractivity (Wildman–Crippen MR) is 117 cm³/mol. The predicted octanol–water partition coefficient (Wildman–Crippen LogP) is 2.64. The molecular weight excluding hydrogens is 346 g/mol. The standard InChI is InChI=1S/C23H33N5/c1-24-23(25-17-21-10-7-11-22(16-21)18-26(2)3)28-14-12-27(13-15-28)19-20-8-5-4-6-9-20/h4-11,16H,12-15,17-19H2,1-3H3,(H,24,25). The van der Waals surface area contributed by atoms with Crippen molar-refractivity contribution >= 4 is 5.96 Å². The summed E-state index contributed by atoms with van der Waals surface area (Å²) < 4.78 is 0. The van der Waals surface area contributed by atoms with Crippen LogP contribution in [0.25, 0.3) is 0 Å². The molecular formula is C23H33N5. The fraction of sp³-hybridized carbons (Fsp3) is 0.435. The molecule has 1 N–H and O–H groups in total. The van der Waals surface area contributed by atoms with Crippen molar-refractivity contribution in [3.63, 3.8) is 0 Å². The van der Waals surface area contributed by atoms with Crippen LogP contribution in [0.3, 0.4) is 0 Å². The second-order valence-corrected chi connectivity index (χ2v) is 7.71. The van der Waals surface area contributed by atoms with Gasteiger partial charge in [-0.3, -0.25) is 9.89 Å². The van der Waals surface area contributed by atoms with E-state index in [2.05, 4.69) is 93.7 Å². The van der Waals surface area contributed by atoms with E-state index in [1.807, 2.05) is 7.05 Å². The molecule has 150 valence electrons. The van der Waals surface area contributed by atoms with Gasteiger partial charge in [-0.15, -0.1) is 0 Å². The molecule has 0 atom stereocenters. The smallest absolute Gasteiger partial charge is 0.194 e. The summed E-state index contributed by atoms with van der Waals surface area (Å²) in [6, 6.07) is 19.5. The van der Waals surface area contributed by atoms with Gasteiger partial charge in [0.15, 0.2) is 5.96 Å². The number of aliphatic imine (C=N–C) groups is 1. The van der Waals surface area contributed by atoms with Gasteiger partial charge < -0.3 is 15.1 Å². The van der Waals surface area contributed by atoms with Crippen molar-refractivity contribution in [3.05, 3.63) is 71.3 Å². The average Bonchev–Trinajstić information content (AvgIpc) is 2.70. The van der Waals surface area contributed by atoms with Crippen molar-refractivity contribution in [1.29, 1.82) is 0 Å². The van der Waals surface area contributed by atoms with Gasteiger partial charge >= 0.3 is 0 Å². The van der Waals surface area contributed by atoms with Gasteiger partial charge in [0.2, 0.25) is 0 Å². The first-order chi connectivity index (χ1) is 13.6. The van der Waals surface area contributed by atoms with E-state index < -0.39 is 0 Å². The van der Waals surface area contributed by atoms with Crippen molar-refractivity contribution in [2.45, 2.75) is 19.6 Å². The number of benzene rings is 2. The first-order valence-corrected chi connectivity index (χ1v) is 10.1. The van der Waals surface area contributed by atoms with Crippen LogP contribution in [0.2, 0.25) is 0 Å². The van der Waals surface area contributed by atoms with E-state index in [1.54, 1.807) is 0 Å². The first-order valence-electron chi connectivity index (χ1n) is 10.1. The molecule has 0 aromatic heterocycles. The molecule has 1 aliphatic heterocycles. The van der Waals surface area contributed by atoms with Crippen LogP contribution in [0.5, 0.6) is 0 Å². The van der Waals surface area contributed by atoms with Crippen molar-refractivity contribution in [1.82, 2.24) is 20.0 Å². The lowest BCUT2D eigenvalue weighted by atomic mass is 10.1. The molecule has 0 radical (unpaired) electrons. The van der Waals surface area contributed by atoms with Gasteiger partial charge in [0.25, 0.3) is 0 Å². The number of nitrogens with one attached hydrogen (secondary N) is 1. The summed E-state index contributed by atoms with van der Waals surface area (Å²) in [5.74, 6) is 0.998. The summed E-state index contributed by atoms with van der Waals surface area (Å²) >= 11 is 0. The third-order valence-corrected chi connectivity index (χ3v) is 5.07. The second-order valence-electron chi connectivity index (χ2n) is 7.71. The molecule has 2 aromatic carbocycles. The molecule has 0 unspecified atom stereocenters. The van der Waals surface area contributed by atoms with Crippen molar-refractivity contribution in [3.8, 4) is 0 Å². The summed E-state index contributed by atoms with van der Waals surface area (Å²) in [4.78, 5) is 11.6. The maximum absolute atomic E-state index is 4.51. The van der Waals surface area contributed by atoms with E-state index in [0.29, 0.717) is 0 Å². The molecule has 28 heavy (non-hydrogen) atoms. The molecule has 3 rings (SSSR count). The Hall–Kier alpha value is -2.37. The minimum absolute atomic E-state index is 0.804. The second kappa shape index (κ2) is 10.2. The highest BCUT2D eigenvalue weighted by Gasteiger charge is 2.19. The van der Waals surface area contributed by atoms with Gasteiger partial charge in [0, 0.05) is 52.9 Å². The Balaban J connectivity index is 1.48. The van der Waals surface area contributed by atoms with Crippen molar-refractivity contribution in [2.24, 2.45) is 4.99 Å². The lowest BCUT2D eigenvalue weighted by Gasteiger charge is -2.36. The normalized spacial score (nSPS) is 15.9. The number of guanidine groups is 1. The molecule has 5 nitrogen and oxygen atoms in total. The monoisotopic (exact) mass is 379 g/mol. The van der Waals surface area contributed by atoms with E-state index in [0.717, 1.165) is 51.8 Å². The highest BCUT2D eigenvalue weighted by atomic mass is 15.3. The zero-order valence-electron chi connectivity index (χ0n) is 17.4. The minimum atomic E-state index is 0.804. The van der Waals surface area contributed by atoms with Gasteiger partial charge in [-0.2, -0.15) is 0 Å². The van der Waals surface area contributed by atoms with Crippen molar-refractivity contribution in [2.75, 3.05) is 47.3 Å². The number of hydrogen-bond acceptors (Lipinski definition) is 3. The average molecular weight is 380 g/mol. The zero-order valence-corrected chi connectivity index (χ0v) is 17.4. The van der Waals surface area contributed by atoms with Crippen LogP contribution in [-0.2, 0) is 19.6 Å². The molecule has 0 bridgehead atoms. The van der Waals surface area contributed by atoms with Crippen LogP contribution in [-0.4, -0.2) is 68.0 Å². The van der Waals surface area contributed by atoms with Gasteiger partial charge in [-0.25, -0.2) is 0 Å². The Labute approximate surface area is 169 Å². The topological polar surface area (TPSA) is 34.1 Å². The largest absolute Gasteiger partial charge is 0.352 e. The Morgan fingerprint density at radius 3 is 2.29 bits per heavy atom. The van der Waals surface area contributed by atoms with Gasteiger partial charge in [0.05, 0.1) is 0 Å². The maximum atomic E-state index is 4.51. The minimum Gasteiger partial charge on any atom is -0.352 e. The SMILES string of the molecule is CN=C(NCc1cccc(CN(C)C)c1)N1CCN(Cc2ccccc2)CC1. The number of nitrogens with zero attached hydrogens (tertiary/aromatic N) is 4. The Bertz CT molecular complexity index is 749. The van der Waals surface area contributed by atoms with Gasteiger partial charge in [-0.05, 0) is 30.8 Å². The molecule has 1 fully saturated rings. The molecule has 0 amide bonds. The molecule has 1 aliphatic rings. The lowest BCUT2D eigenvalue weighted by molar-refractivity contribution is 0.172. The molecule has 1 saturated heterocycles. The Kier molecular flexibility index (Phi) is 7.46. The number of rotatable bonds is 6. The molecule has 5 heteroatoms. The molecule has 2 aromatic rings. The fourth-order valence-corrected chi connectivity index (χ4v) is 3.68. The highest BCUT2D eigenvalue weighted by Crippen LogP contribution is 2.10. The summed E-state index contributed by atoms with van der Waals surface area (Å²) in [7, 11) is 6.08. The maximum Gasteiger partial charge on any atom is 0.194 e. The zero-order chi connectivity index (χ0) is 19.8. The van der Waals surface area contributed by atoms with E-state index >= 15 is 0 Å². The molecule has 0 saturated carbocycles. The van der Waals surface area contributed by atoms with Crippen LogP contribution >= 0.6 is 0 Å². The van der Waals surface area contributed by atoms with E-state index in [-0.39, 0.29) is 0 Å². The van der Waals surface area contributed by atoms with Gasteiger partial charge in [0.1, 0.15) is 0 Å². The Morgan fingerprint density at radius 2 is 1.61 bits per heavy atom. The van der Waals surface area contributed by atoms with Crippen LogP contribution in [0.4, 0.5) is 0 Å². The van der Waals surface area contributed by atoms with E-state index in [4.69, 9.17) is 0 Å². The molecule has 0 aliphatic carbocycles.